The minimum absolute atomic E-state index is 0.0452. The van der Waals surface area contributed by atoms with Crippen LogP contribution in [-0.2, 0) is 90.0 Å². The predicted octanol–water partition coefficient (Wildman–Crippen LogP) is 0.783. The van der Waals surface area contributed by atoms with E-state index in [0.29, 0.717) is 137 Å². The number of carbonyl (C=O) groups excluding carboxylic acids is 6. The van der Waals surface area contributed by atoms with E-state index in [2.05, 4.69) is 31.9 Å². The van der Waals surface area contributed by atoms with E-state index < -0.39 is 43.1 Å². The Morgan fingerprint density at radius 3 is 1.26 bits per heavy atom. The Labute approximate surface area is 480 Å². The van der Waals surface area contributed by atoms with E-state index in [1.807, 2.05) is 6.92 Å². The van der Waals surface area contributed by atoms with E-state index in [9.17, 15) is 43.3 Å². The van der Waals surface area contributed by atoms with Gasteiger partial charge in [0, 0.05) is 66.0 Å². The van der Waals surface area contributed by atoms with Crippen LogP contribution in [0.1, 0.15) is 97.8 Å². The lowest BCUT2D eigenvalue weighted by atomic mass is 10.0. The second-order valence-corrected chi connectivity index (χ2v) is 21.4. The predicted molar refractivity (Wildman–Crippen MR) is 300 cm³/mol. The molecule has 28 heteroatoms. The van der Waals surface area contributed by atoms with Crippen LogP contribution in [0, 0.1) is 5.92 Å². The maximum Gasteiger partial charge on any atom is 0.330 e. The normalized spacial score (nSPS) is 13.3. The third kappa shape index (κ3) is 49.6. The molecule has 4 unspecified atom stereocenters. The quantitative estimate of drug-likeness (QED) is 0.0308. The van der Waals surface area contributed by atoms with Gasteiger partial charge in [0.2, 0.25) is 35.4 Å². The molecule has 27 nitrogen and oxygen atoms in total. The SMILES string of the molecule is CCCOCCOCCOCC(=O)NC(CCCCNC(=O)COCCOCCOCCOC)C(=O)NC(CCCCNC(=O)COCCOCCOCCOC)C(=O)NCCCC(=O)NCCCCC(CO)COP(=O)(O)C(C)C. The first kappa shape index (κ1) is 77.5. The number of amides is 6. The van der Waals surface area contributed by atoms with Gasteiger partial charge in [-0.25, -0.2) is 0 Å². The summed E-state index contributed by atoms with van der Waals surface area (Å²) in [5.41, 5.74) is -0.555. The summed E-state index contributed by atoms with van der Waals surface area (Å²) in [6, 6.07) is -2.13. The number of unbranched alkanes of at least 4 members (excludes halogenated alkanes) is 3. The van der Waals surface area contributed by atoms with Crippen molar-refractivity contribution in [1.29, 1.82) is 0 Å². The lowest BCUT2D eigenvalue weighted by Gasteiger charge is -2.23. The highest BCUT2D eigenvalue weighted by Gasteiger charge is 2.28. The largest absolute Gasteiger partial charge is 0.396 e. The summed E-state index contributed by atoms with van der Waals surface area (Å²) >= 11 is 0. The first-order valence-electron chi connectivity index (χ1n) is 28.6. The van der Waals surface area contributed by atoms with Gasteiger partial charge >= 0.3 is 7.60 Å². The zero-order chi connectivity index (χ0) is 59.9. The van der Waals surface area contributed by atoms with Gasteiger partial charge in [0.25, 0.3) is 0 Å². The average Bonchev–Trinajstić information content (AvgIpc) is 3.44. The molecule has 0 aliphatic rings. The van der Waals surface area contributed by atoms with Crippen molar-refractivity contribution in [2.24, 2.45) is 5.92 Å². The zero-order valence-corrected chi connectivity index (χ0v) is 50.2. The van der Waals surface area contributed by atoms with Gasteiger partial charge in [-0.05, 0) is 64.2 Å². The van der Waals surface area contributed by atoms with Gasteiger partial charge < -0.3 is 98.5 Å². The van der Waals surface area contributed by atoms with Gasteiger partial charge in [-0.2, -0.15) is 0 Å². The number of carbonyl (C=O) groups is 6. The molecule has 0 fully saturated rings. The van der Waals surface area contributed by atoms with E-state index >= 15 is 0 Å². The summed E-state index contributed by atoms with van der Waals surface area (Å²) in [7, 11) is -0.569. The summed E-state index contributed by atoms with van der Waals surface area (Å²) in [5.74, 6) is -2.89. The van der Waals surface area contributed by atoms with Gasteiger partial charge in [0.05, 0.1) is 118 Å². The molecule has 0 aromatic rings. The zero-order valence-electron chi connectivity index (χ0n) is 49.3. The number of methoxy groups -OCH3 is 2. The number of rotatable bonds is 60. The molecule has 6 amide bonds. The van der Waals surface area contributed by atoms with Crippen molar-refractivity contribution in [3.63, 3.8) is 0 Å². The molecule has 0 saturated carbocycles. The highest BCUT2D eigenvalue weighted by molar-refractivity contribution is 7.53. The fraction of sp³-hybridized carbons (Fsp3) is 0.887. The molecule has 0 radical (unpaired) electrons. The molecule has 0 rings (SSSR count). The highest BCUT2D eigenvalue weighted by Crippen LogP contribution is 2.47. The number of hydrogen-bond acceptors (Lipinski definition) is 20. The number of nitrogens with one attached hydrogen (secondary N) is 6. The Bertz CT molecular complexity index is 1630. The lowest BCUT2D eigenvalue weighted by molar-refractivity contribution is -0.134. The molecule has 8 N–H and O–H groups in total. The molecule has 0 heterocycles. The molecule has 4 atom stereocenters. The van der Waals surface area contributed by atoms with E-state index in [-0.39, 0.29) is 129 Å². The van der Waals surface area contributed by atoms with Crippen LogP contribution in [0.25, 0.3) is 0 Å². The second kappa shape index (κ2) is 55.7. The van der Waals surface area contributed by atoms with Gasteiger partial charge in [-0.1, -0.05) is 27.2 Å². The van der Waals surface area contributed by atoms with Crippen LogP contribution < -0.4 is 31.9 Å². The van der Waals surface area contributed by atoms with Crippen LogP contribution in [-0.4, -0.2) is 249 Å². The van der Waals surface area contributed by atoms with Crippen molar-refractivity contribution in [2.45, 2.75) is 116 Å². The molecule has 0 bridgehead atoms. The van der Waals surface area contributed by atoms with Gasteiger partial charge in [-0.15, -0.1) is 0 Å². The van der Waals surface area contributed by atoms with Crippen molar-refractivity contribution in [2.75, 3.05) is 186 Å². The number of aliphatic hydroxyl groups is 1. The first-order valence-corrected chi connectivity index (χ1v) is 30.3. The number of hydrogen-bond donors (Lipinski definition) is 8. The third-order valence-electron chi connectivity index (χ3n) is 11.6. The van der Waals surface area contributed by atoms with Crippen LogP contribution in [0.4, 0.5) is 0 Å². The Kier molecular flexibility index (Phi) is 53.3. The van der Waals surface area contributed by atoms with Gasteiger partial charge in [0.15, 0.2) is 0 Å². The van der Waals surface area contributed by atoms with Crippen molar-refractivity contribution in [1.82, 2.24) is 31.9 Å². The summed E-state index contributed by atoms with van der Waals surface area (Å²) in [6.07, 6.45) is 5.14. The lowest BCUT2D eigenvalue weighted by Crippen LogP contribution is -2.54. The van der Waals surface area contributed by atoms with Crippen molar-refractivity contribution in [3.8, 4) is 0 Å². The van der Waals surface area contributed by atoms with E-state index in [0.717, 1.165) is 6.42 Å². The molecule has 0 aromatic carbocycles. The van der Waals surface area contributed by atoms with E-state index in [1.165, 1.54) is 0 Å². The second-order valence-electron chi connectivity index (χ2n) is 18.9. The smallest absolute Gasteiger partial charge is 0.330 e. The van der Waals surface area contributed by atoms with Crippen LogP contribution in [0.15, 0.2) is 0 Å². The summed E-state index contributed by atoms with van der Waals surface area (Å²) in [5, 5.41) is 26.4. The monoisotopic (exact) mass is 1190 g/mol. The third-order valence-corrected chi connectivity index (χ3v) is 13.4. The standard InChI is InChI=1S/C53H103N6O21P/c1-6-22-71-27-28-74-35-38-79-43-51(64)58-47(16-9-12-20-56-50(63)42-78-37-34-76-32-30-73-26-24-70-5)53(66)59-46(15-8-11-19-55-49(62)41-77-36-33-75-31-29-72-25-23-69-4)52(65)57-21-13-17-48(61)54-18-10-7-14-45(39-60)40-80-81(67,68)44(2)3/h44-47,60H,6-43H2,1-5H3,(H,54,61)(H,55,62)(H,56,63)(H,57,65)(H,58,64)(H,59,66)(H,67,68). The Balaban J connectivity index is 5.50. The summed E-state index contributed by atoms with van der Waals surface area (Å²) in [4.78, 5) is 88.3. The fourth-order valence-electron chi connectivity index (χ4n) is 6.84. The van der Waals surface area contributed by atoms with Gasteiger partial charge in [0.1, 0.15) is 31.9 Å². The number of aliphatic hydroxyl groups excluding tert-OH is 1. The van der Waals surface area contributed by atoms with Crippen molar-refractivity contribution >= 4 is 43.0 Å². The Morgan fingerprint density at radius 1 is 0.444 bits per heavy atom. The molecular weight excluding hydrogens is 1090 g/mol. The maximum atomic E-state index is 14.0. The first-order chi connectivity index (χ1) is 39.2. The molecule has 81 heavy (non-hydrogen) atoms. The summed E-state index contributed by atoms with van der Waals surface area (Å²) < 4.78 is 75.8. The minimum Gasteiger partial charge on any atom is -0.396 e. The molecule has 0 aliphatic heterocycles. The molecule has 0 aromatic heterocycles. The van der Waals surface area contributed by atoms with Crippen LogP contribution >= 0.6 is 7.60 Å². The Hall–Kier alpha value is -3.51. The maximum absolute atomic E-state index is 14.0. The Morgan fingerprint density at radius 2 is 0.827 bits per heavy atom. The summed E-state index contributed by atoms with van der Waals surface area (Å²) in [6.45, 7) is 11.6. The number of ether oxygens (including phenoxy) is 11. The molecule has 0 saturated heterocycles. The van der Waals surface area contributed by atoms with Crippen molar-refractivity contribution < 1.29 is 100.0 Å². The van der Waals surface area contributed by atoms with E-state index in [4.69, 9.17) is 56.6 Å². The van der Waals surface area contributed by atoms with Gasteiger partial charge in [-0.3, -0.25) is 33.3 Å². The highest BCUT2D eigenvalue weighted by atomic mass is 31.2. The molecule has 476 valence electrons. The fourth-order valence-corrected chi connectivity index (χ4v) is 7.56. The average molecular weight is 1190 g/mol. The molecule has 0 aliphatic carbocycles. The molecule has 0 spiro atoms. The topological polar surface area (TPSA) is 343 Å². The van der Waals surface area contributed by atoms with Crippen LogP contribution in [0.5, 0.6) is 0 Å². The van der Waals surface area contributed by atoms with Crippen LogP contribution in [0.2, 0.25) is 0 Å². The van der Waals surface area contributed by atoms with Crippen LogP contribution in [0.3, 0.4) is 0 Å². The van der Waals surface area contributed by atoms with E-state index in [1.54, 1.807) is 28.1 Å². The van der Waals surface area contributed by atoms with Crippen molar-refractivity contribution in [3.05, 3.63) is 0 Å². The minimum atomic E-state index is -3.75. The molecular formula is C53H103N6O21P.